The van der Waals surface area contributed by atoms with Gasteiger partial charge in [-0.25, -0.2) is 0 Å². The van der Waals surface area contributed by atoms with Gasteiger partial charge in [0.15, 0.2) is 0 Å². The Bertz CT molecular complexity index is 310. The topological polar surface area (TPSA) is 12.0 Å². The Labute approximate surface area is 97.7 Å². The Kier molecular flexibility index (Phi) is 3.32. The highest BCUT2D eigenvalue weighted by atomic mass is 35.5. The quantitative estimate of drug-likeness (QED) is 0.811. The van der Waals surface area contributed by atoms with Gasteiger partial charge in [-0.2, -0.15) is 0 Å². The van der Waals surface area contributed by atoms with Gasteiger partial charge in [-0.05, 0) is 49.3 Å². The summed E-state index contributed by atoms with van der Waals surface area (Å²) in [6, 6.07) is 9.91. The third kappa shape index (κ3) is 2.35. The second-order valence-electron chi connectivity index (χ2n) is 4.59. The first-order valence-electron chi connectivity index (χ1n) is 5.77. The van der Waals surface area contributed by atoms with Gasteiger partial charge in [0.05, 0.1) is 0 Å². The maximum Gasteiger partial charge on any atom is 0.0320 e. The zero-order valence-electron chi connectivity index (χ0n) is 8.91. The van der Waals surface area contributed by atoms with E-state index in [0.717, 1.165) is 5.92 Å². The second-order valence-corrected chi connectivity index (χ2v) is 4.59. The van der Waals surface area contributed by atoms with Crippen LogP contribution in [0.15, 0.2) is 24.3 Å². The van der Waals surface area contributed by atoms with Gasteiger partial charge in [0.1, 0.15) is 0 Å². The van der Waals surface area contributed by atoms with Crippen molar-refractivity contribution in [2.75, 3.05) is 6.54 Å². The van der Waals surface area contributed by atoms with Gasteiger partial charge >= 0.3 is 0 Å². The molecule has 1 aliphatic carbocycles. The van der Waals surface area contributed by atoms with Crippen molar-refractivity contribution in [3.63, 3.8) is 0 Å². The van der Waals surface area contributed by atoms with Gasteiger partial charge in [-0.15, -0.1) is 12.4 Å². The van der Waals surface area contributed by atoms with Crippen LogP contribution in [0.4, 0.5) is 0 Å². The molecule has 15 heavy (non-hydrogen) atoms. The van der Waals surface area contributed by atoms with E-state index in [2.05, 4.69) is 29.6 Å². The summed E-state index contributed by atoms with van der Waals surface area (Å²) in [4.78, 5) is 0. The largest absolute Gasteiger partial charge is 0.310 e. The lowest BCUT2D eigenvalue weighted by Crippen LogP contribution is -2.12. The van der Waals surface area contributed by atoms with Gasteiger partial charge in [0.2, 0.25) is 0 Å². The summed E-state index contributed by atoms with van der Waals surface area (Å²) in [7, 11) is 0. The van der Waals surface area contributed by atoms with E-state index >= 15 is 0 Å². The van der Waals surface area contributed by atoms with E-state index in [-0.39, 0.29) is 12.4 Å². The Morgan fingerprint density at radius 3 is 2.13 bits per heavy atom. The fourth-order valence-corrected chi connectivity index (χ4v) is 2.39. The number of benzene rings is 1. The molecule has 1 N–H and O–H groups in total. The summed E-state index contributed by atoms with van der Waals surface area (Å²) >= 11 is 0. The van der Waals surface area contributed by atoms with E-state index in [1.165, 1.54) is 37.8 Å². The SMILES string of the molecule is Cl.c1cc(C2CCCN2)ccc1C1CC1. The third-order valence-electron chi connectivity index (χ3n) is 3.45. The number of hydrogen-bond donors (Lipinski definition) is 1. The molecule has 2 aliphatic rings. The van der Waals surface area contributed by atoms with Crippen LogP contribution in [0, 0.1) is 0 Å². The first kappa shape index (κ1) is 11.0. The first-order valence-corrected chi connectivity index (χ1v) is 5.77. The highest BCUT2D eigenvalue weighted by Gasteiger charge is 2.23. The number of nitrogens with one attached hydrogen (secondary N) is 1. The molecular formula is C13H18ClN. The minimum absolute atomic E-state index is 0. The molecule has 2 heteroatoms. The minimum atomic E-state index is 0. The summed E-state index contributed by atoms with van der Waals surface area (Å²) in [6.07, 6.45) is 5.44. The molecule has 1 aromatic carbocycles. The van der Waals surface area contributed by atoms with Crippen molar-refractivity contribution in [1.82, 2.24) is 5.32 Å². The molecule has 82 valence electrons. The van der Waals surface area contributed by atoms with Crippen LogP contribution in [-0.4, -0.2) is 6.54 Å². The van der Waals surface area contributed by atoms with E-state index in [0.29, 0.717) is 6.04 Å². The standard InChI is InChI=1S/C13H17N.ClH/c1-2-13(14-9-1)12-7-5-11(6-8-12)10-3-4-10;/h5-8,10,13-14H,1-4,9H2;1H. The zero-order valence-corrected chi connectivity index (χ0v) is 9.72. The third-order valence-corrected chi connectivity index (χ3v) is 3.45. The van der Waals surface area contributed by atoms with Crippen LogP contribution < -0.4 is 5.32 Å². The molecule has 0 aromatic heterocycles. The normalized spacial score (nSPS) is 24.9. The molecular weight excluding hydrogens is 206 g/mol. The van der Waals surface area contributed by atoms with Crippen molar-refractivity contribution in [3.8, 4) is 0 Å². The molecule has 3 rings (SSSR count). The molecule has 1 saturated carbocycles. The molecule has 1 aromatic rings. The summed E-state index contributed by atoms with van der Waals surface area (Å²) in [5.41, 5.74) is 3.03. The van der Waals surface area contributed by atoms with E-state index in [1.54, 1.807) is 5.56 Å². The van der Waals surface area contributed by atoms with Crippen molar-refractivity contribution < 1.29 is 0 Å². The van der Waals surface area contributed by atoms with Gasteiger partial charge in [0.25, 0.3) is 0 Å². The van der Waals surface area contributed by atoms with E-state index < -0.39 is 0 Å². The Morgan fingerprint density at radius 2 is 1.60 bits per heavy atom. The van der Waals surface area contributed by atoms with Crippen LogP contribution in [0.1, 0.15) is 48.8 Å². The van der Waals surface area contributed by atoms with Crippen LogP contribution in [-0.2, 0) is 0 Å². The average molecular weight is 224 g/mol. The maximum absolute atomic E-state index is 3.54. The summed E-state index contributed by atoms with van der Waals surface area (Å²) in [5.74, 6) is 0.889. The molecule has 1 heterocycles. The summed E-state index contributed by atoms with van der Waals surface area (Å²) < 4.78 is 0. The maximum atomic E-state index is 3.54. The lowest BCUT2D eigenvalue weighted by Gasteiger charge is -2.10. The highest BCUT2D eigenvalue weighted by Crippen LogP contribution is 2.40. The van der Waals surface area contributed by atoms with Gasteiger partial charge in [0, 0.05) is 6.04 Å². The second kappa shape index (κ2) is 4.54. The Hall–Kier alpha value is -0.530. The van der Waals surface area contributed by atoms with E-state index in [1.807, 2.05) is 0 Å². The molecule has 2 fully saturated rings. The summed E-state index contributed by atoms with van der Waals surface area (Å²) in [5, 5.41) is 3.54. The van der Waals surface area contributed by atoms with Crippen LogP contribution in [0.3, 0.4) is 0 Å². The first-order chi connectivity index (χ1) is 6.93. The zero-order chi connectivity index (χ0) is 9.38. The molecule has 1 nitrogen and oxygen atoms in total. The van der Waals surface area contributed by atoms with Crippen molar-refractivity contribution in [2.24, 2.45) is 0 Å². The van der Waals surface area contributed by atoms with Gasteiger partial charge < -0.3 is 5.32 Å². The predicted molar refractivity (Wildman–Crippen MR) is 65.6 cm³/mol. The van der Waals surface area contributed by atoms with E-state index in [4.69, 9.17) is 0 Å². The molecule has 0 spiro atoms. The monoisotopic (exact) mass is 223 g/mol. The average Bonchev–Trinajstić information content (AvgIpc) is 2.94. The minimum Gasteiger partial charge on any atom is -0.310 e. The molecule has 1 unspecified atom stereocenters. The summed E-state index contributed by atoms with van der Waals surface area (Å²) in [6.45, 7) is 1.19. The van der Waals surface area contributed by atoms with Gasteiger partial charge in [-0.1, -0.05) is 24.3 Å². The number of hydrogen-bond acceptors (Lipinski definition) is 1. The molecule has 1 atom stereocenters. The van der Waals surface area contributed by atoms with Gasteiger partial charge in [-0.3, -0.25) is 0 Å². The predicted octanol–water partition coefficient (Wildman–Crippen LogP) is 3.41. The van der Waals surface area contributed by atoms with Crippen LogP contribution in [0.2, 0.25) is 0 Å². The van der Waals surface area contributed by atoms with Crippen LogP contribution in [0.5, 0.6) is 0 Å². The van der Waals surface area contributed by atoms with Crippen molar-refractivity contribution in [1.29, 1.82) is 0 Å². The lowest BCUT2D eigenvalue weighted by atomic mass is 10.0. The van der Waals surface area contributed by atoms with E-state index in [9.17, 15) is 0 Å². The fraction of sp³-hybridized carbons (Fsp3) is 0.538. The number of rotatable bonds is 2. The lowest BCUT2D eigenvalue weighted by molar-refractivity contribution is 0.647. The molecule has 1 aliphatic heterocycles. The molecule has 0 bridgehead atoms. The fourth-order valence-electron chi connectivity index (χ4n) is 2.39. The highest BCUT2D eigenvalue weighted by molar-refractivity contribution is 5.85. The molecule has 0 radical (unpaired) electrons. The number of halogens is 1. The molecule has 1 saturated heterocycles. The van der Waals surface area contributed by atoms with Crippen molar-refractivity contribution in [2.45, 2.75) is 37.6 Å². The molecule has 0 amide bonds. The van der Waals surface area contributed by atoms with Crippen LogP contribution in [0.25, 0.3) is 0 Å². The van der Waals surface area contributed by atoms with Crippen LogP contribution >= 0.6 is 12.4 Å². The smallest absolute Gasteiger partial charge is 0.0320 e. The Balaban J connectivity index is 0.000000853. The van der Waals surface area contributed by atoms with Crippen molar-refractivity contribution in [3.05, 3.63) is 35.4 Å². The Morgan fingerprint density at radius 1 is 0.933 bits per heavy atom. The van der Waals surface area contributed by atoms with Crippen molar-refractivity contribution >= 4 is 12.4 Å².